The van der Waals surface area contributed by atoms with Gasteiger partial charge in [-0.3, -0.25) is 9.69 Å². The molecule has 3 nitrogen and oxygen atoms in total. The van der Waals surface area contributed by atoms with E-state index in [0.717, 1.165) is 18.7 Å². The normalized spacial score (nSPS) is 11.1. The average Bonchev–Trinajstić information content (AvgIpc) is 2.64. The van der Waals surface area contributed by atoms with Crippen molar-refractivity contribution in [3.05, 3.63) is 65.2 Å². The van der Waals surface area contributed by atoms with Crippen LogP contribution in [-0.2, 0) is 13.1 Å². The van der Waals surface area contributed by atoms with E-state index in [-0.39, 0.29) is 5.91 Å². The summed E-state index contributed by atoms with van der Waals surface area (Å²) in [5.41, 5.74) is 3.05. The Bertz CT molecular complexity index is 665. The van der Waals surface area contributed by atoms with Crippen LogP contribution in [-0.4, -0.2) is 29.6 Å². The van der Waals surface area contributed by atoms with E-state index in [4.69, 9.17) is 0 Å². The van der Waals surface area contributed by atoms with Crippen molar-refractivity contribution in [2.45, 2.75) is 44.8 Å². The summed E-state index contributed by atoms with van der Waals surface area (Å²) in [5.74, 6) is -0.0308. The zero-order valence-corrected chi connectivity index (χ0v) is 16.4. The van der Waals surface area contributed by atoms with Gasteiger partial charge in [0.25, 0.3) is 5.91 Å². The van der Waals surface area contributed by atoms with E-state index in [1.807, 2.05) is 24.3 Å². The van der Waals surface area contributed by atoms with Crippen LogP contribution in [0.3, 0.4) is 0 Å². The van der Waals surface area contributed by atoms with Gasteiger partial charge in [-0.05, 0) is 62.0 Å². The molecule has 0 bridgehead atoms. The standard InChI is InChI=1S/C21H28N2OS/c1-5-23(16(2)3)15-18-6-10-19(11-7-18)21(24)22-14-17-8-12-20(25-4)13-9-17/h6-13,16H,5,14-15H2,1-4H3,(H,22,24). The van der Waals surface area contributed by atoms with E-state index in [1.54, 1.807) is 11.8 Å². The summed E-state index contributed by atoms with van der Waals surface area (Å²) >= 11 is 1.72. The van der Waals surface area contributed by atoms with Crippen molar-refractivity contribution < 1.29 is 4.79 Å². The Balaban J connectivity index is 1.91. The molecule has 25 heavy (non-hydrogen) atoms. The number of hydrogen-bond acceptors (Lipinski definition) is 3. The number of carbonyl (C=O) groups excluding carboxylic acids is 1. The van der Waals surface area contributed by atoms with Crippen LogP contribution in [0.2, 0.25) is 0 Å². The zero-order valence-electron chi connectivity index (χ0n) is 15.6. The molecule has 0 fully saturated rings. The van der Waals surface area contributed by atoms with Gasteiger partial charge in [0.2, 0.25) is 0 Å². The molecular weight excluding hydrogens is 328 g/mol. The largest absolute Gasteiger partial charge is 0.348 e. The number of carbonyl (C=O) groups is 1. The third-order valence-electron chi connectivity index (χ3n) is 4.35. The summed E-state index contributed by atoms with van der Waals surface area (Å²) in [4.78, 5) is 15.9. The summed E-state index contributed by atoms with van der Waals surface area (Å²) in [7, 11) is 0. The number of amides is 1. The summed E-state index contributed by atoms with van der Waals surface area (Å²) in [6.45, 7) is 9.07. The minimum Gasteiger partial charge on any atom is -0.348 e. The van der Waals surface area contributed by atoms with Crippen molar-refractivity contribution in [2.24, 2.45) is 0 Å². The van der Waals surface area contributed by atoms with E-state index >= 15 is 0 Å². The van der Waals surface area contributed by atoms with Crippen molar-refractivity contribution in [1.82, 2.24) is 10.2 Å². The molecule has 0 spiro atoms. The number of rotatable bonds is 8. The zero-order chi connectivity index (χ0) is 18.2. The van der Waals surface area contributed by atoms with Crippen molar-refractivity contribution in [3.8, 4) is 0 Å². The maximum absolute atomic E-state index is 12.3. The predicted octanol–water partition coefficient (Wildman–Crippen LogP) is 4.57. The number of thioether (sulfide) groups is 1. The molecule has 0 aliphatic heterocycles. The Hall–Kier alpha value is -1.78. The minimum atomic E-state index is -0.0308. The molecule has 0 heterocycles. The quantitative estimate of drug-likeness (QED) is 0.703. The van der Waals surface area contributed by atoms with E-state index in [2.05, 4.69) is 61.5 Å². The van der Waals surface area contributed by atoms with Crippen LogP contribution in [0.5, 0.6) is 0 Å². The van der Waals surface area contributed by atoms with Gasteiger partial charge in [0, 0.05) is 29.6 Å². The Morgan fingerprint density at radius 1 is 1.04 bits per heavy atom. The number of nitrogens with zero attached hydrogens (tertiary/aromatic N) is 1. The lowest BCUT2D eigenvalue weighted by Gasteiger charge is -2.24. The first-order valence-electron chi connectivity index (χ1n) is 8.77. The van der Waals surface area contributed by atoms with Gasteiger partial charge in [-0.15, -0.1) is 11.8 Å². The lowest BCUT2D eigenvalue weighted by molar-refractivity contribution is 0.0951. The molecule has 0 aliphatic carbocycles. The van der Waals surface area contributed by atoms with Crippen molar-refractivity contribution in [1.29, 1.82) is 0 Å². The highest BCUT2D eigenvalue weighted by atomic mass is 32.2. The molecule has 134 valence electrons. The molecule has 0 atom stereocenters. The fourth-order valence-corrected chi connectivity index (χ4v) is 3.09. The number of benzene rings is 2. The maximum Gasteiger partial charge on any atom is 0.251 e. The molecule has 0 aliphatic rings. The smallest absolute Gasteiger partial charge is 0.251 e. The summed E-state index contributed by atoms with van der Waals surface area (Å²) in [6.07, 6.45) is 2.06. The Kier molecular flexibility index (Phi) is 7.53. The molecular formula is C21H28N2OS. The van der Waals surface area contributed by atoms with E-state index in [0.29, 0.717) is 18.2 Å². The first kappa shape index (κ1) is 19.5. The Morgan fingerprint density at radius 2 is 1.64 bits per heavy atom. The maximum atomic E-state index is 12.3. The fourth-order valence-electron chi connectivity index (χ4n) is 2.68. The summed E-state index contributed by atoms with van der Waals surface area (Å²) in [5, 5.41) is 2.99. The molecule has 2 rings (SSSR count). The third kappa shape index (κ3) is 5.91. The van der Waals surface area contributed by atoms with Crippen LogP contribution in [0.1, 0.15) is 42.3 Å². The lowest BCUT2D eigenvalue weighted by Crippen LogP contribution is -2.30. The van der Waals surface area contributed by atoms with Gasteiger partial charge in [-0.2, -0.15) is 0 Å². The fraction of sp³-hybridized carbons (Fsp3) is 0.381. The third-order valence-corrected chi connectivity index (χ3v) is 5.09. The topological polar surface area (TPSA) is 32.3 Å². The van der Waals surface area contributed by atoms with E-state index in [1.165, 1.54) is 10.5 Å². The van der Waals surface area contributed by atoms with Crippen molar-refractivity contribution in [2.75, 3.05) is 12.8 Å². The van der Waals surface area contributed by atoms with E-state index in [9.17, 15) is 4.79 Å². The molecule has 1 amide bonds. The van der Waals surface area contributed by atoms with Crippen molar-refractivity contribution >= 4 is 17.7 Å². The SMILES string of the molecule is CCN(Cc1ccc(C(=O)NCc2ccc(SC)cc2)cc1)C(C)C. The molecule has 0 saturated carbocycles. The monoisotopic (exact) mass is 356 g/mol. The lowest BCUT2D eigenvalue weighted by atomic mass is 10.1. The molecule has 0 saturated heterocycles. The van der Waals surface area contributed by atoms with Gasteiger partial charge in [0.1, 0.15) is 0 Å². The molecule has 4 heteroatoms. The summed E-state index contributed by atoms with van der Waals surface area (Å²) in [6, 6.07) is 16.7. The van der Waals surface area contributed by atoms with Crippen LogP contribution in [0, 0.1) is 0 Å². The molecule has 2 aromatic rings. The Morgan fingerprint density at radius 3 is 2.16 bits per heavy atom. The number of nitrogens with one attached hydrogen (secondary N) is 1. The number of hydrogen-bond donors (Lipinski definition) is 1. The highest BCUT2D eigenvalue weighted by Crippen LogP contribution is 2.15. The highest BCUT2D eigenvalue weighted by molar-refractivity contribution is 7.98. The second kappa shape index (κ2) is 9.64. The van der Waals surface area contributed by atoms with E-state index < -0.39 is 0 Å². The summed E-state index contributed by atoms with van der Waals surface area (Å²) < 4.78 is 0. The van der Waals surface area contributed by atoms with Gasteiger partial charge in [0.05, 0.1) is 0 Å². The molecule has 2 aromatic carbocycles. The molecule has 0 radical (unpaired) electrons. The van der Waals surface area contributed by atoms with Gasteiger partial charge in [0.15, 0.2) is 0 Å². The minimum absolute atomic E-state index is 0.0308. The van der Waals surface area contributed by atoms with Gasteiger partial charge in [-0.1, -0.05) is 31.2 Å². The van der Waals surface area contributed by atoms with Gasteiger partial charge >= 0.3 is 0 Å². The van der Waals surface area contributed by atoms with Crippen molar-refractivity contribution in [3.63, 3.8) is 0 Å². The average molecular weight is 357 g/mol. The van der Waals surface area contributed by atoms with Crippen LogP contribution in [0.25, 0.3) is 0 Å². The predicted molar refractivity (Wildman–Crippen MR) is 107 cm³/mol. The first-order valence-corrected chi connectivity index (χ1v) is 10.00. The first-order chi connectivity index (χ1) is 12.0. The molecule has 0 unspecified atom stereocenters. The van der Waals surface area contributed by atoms with Gasteiger partial charge in [-0.25, -0.2) is 0 Å². The molecule has 1 N–H and O–H groups in total. The molecule has 0 aromatic heterocycles. The second-order valence-electron chi connectivity index (χ2n) is 6.38. The van der Waals surface area contributed by atoms with Crippen LogP contribution in [0.4, 0.5) is 0 Å². The second-order valence-corrected chi connectivity index (χ2v) is 7.26. The Labute approximate surface area is 155 Å². The van der Waals surface area contributed by atoms with Crippen LogP contribution >= 0.6 is 11.8 Å². The van der Waals surface area contributed by atoms with Crippen LogP contribution in [0.15, 0.2) is 53.4 Å². The van der Waals surface area contributed by atoms with Crippen LogP contribution < -0.4 is 5.32 Å². The van der Waals surface area contributed by atoms with Gasteiger partial charge < -0.3 is 5.32 Å². The highest BCUT2D eigenvalue weighted by Gasteiger charge is 2.09.